The van der Waals surface area contributed by atoms with Gasteiger partial charge >= 0.3 is 0 Å². The van der Waals surface area contributed by atoms with Crippen molar-refractivity contribution in [2.75, 3.05) is 37.6 Å². The van der Waals surface area contributed by atoms with E-state index in [1.54, 1.807) is 24.5 Å². The van der Waals surface area contributed by atoms with Crippen LogP contribution in [0.25, 0.3) is 22.6 Å². The Kier molecular flexibility index (Phi) is 6.99. The SMILES string of the molecule is CC(CN1CCN(c2ncccn2)CC1)NC(=O)c1[nH]c(-c2ccc(F)cc2)nc1-c1ccccc1. The number of carbonyl (C=O) groups excluding carboxylic acids is 1. The van der Waals surface area contributed by atoms with Crippen LogP contribution in [0.2, 0.25) is 0 Å². The van der Waals surface area contributed by atoms with Gasteiger partial charge in [-0.25, -0.2) is 19.3 Å². The molecule has 1 atom stereocenters. The Morgan fingerprint density at radius 3 is 2.36 bits per heavy atom. The smallest absolute Gasteiger partial charge is 0.270 e. The Hall–Kier alpha value is -4.11. The summed E-state index contributed by atoms with van der Waals surface area (Å²) in [7, 11) is 0. The van der Waals surface area contributed by atoms with Crippen LogP contribution in [0.15, 0.2) is 73.1 Å². The number of hydrogen-bond acceptors (Lipinski definition) is 6. The maximum absolute atomic E-state index is 13.4. The van der Waals surface area contributed by atoms with E-state index in [1.165, 1.54) is 12.1 Å². The maximum atomic E-state index is 13.4. The van der Waals surface area contributed by atoms with Gasteiger partial charge in [-0.05, 0) is 37.3 Å². The van der Waals surface area contributed by atoms with Crippen LogP contribution in [0.3, 0.4) is 0 Å². The first kappa shape index (κ1) is 23.6. The normalized spacial score (nSPS) is 15.0. The molecule has 1 amide bonds. The number of imidazole rings is 1. The van der Waals surface area contributed by atoms with Crippen molar-refractivity contribution in [2.24, 2.45) is 0 Å². The Balaban J connectivity index is 1.27. The molecule has 1 unspecified atom stereocenters. The summed E-state index contributed by atoms with van der Waals surface area (Å²) in [5, 5.41) is 3.12. The maximum Gasteiger partial charge on any atom is 0.270 e. The predicted octanol–water partition coefficient (Wildman–Crippen LogP) is 3.61. The van der Waals surface area contributed by atoms with Crippen molar-refractivity contribution in [1.82, 2.24) is 30.2 Å². The molecule has 2 aromatic heterocycles. The van der Waals surface area contributed by atoms with Crippen molar-refractivity contribution in [3.05, 3.63) is 84.6 Å². The van der Waals surface area contributed by atoms with Gasteiger partial charge < -0.3 is 15.2 Å². The molecular formula is C27H28FN7O. The lowest BCUT2D eigenvalue weighted by Crippen LogP contribution is -2.51. The van der Waals surface area contributed by atoms with Crippen molar-refractivity contribution in [3.63, 3.8) is 0 Å². The lowest BCUT2D eigenvalue weighted by molar-refractivity contribution is 0.0924. The Morgan fingerprint density at radius 1 is 0.972 bits per heavy atom. The van der Waals surface area contributed by atoms with Gasteiger partial charge in [0.2, 0.25) is 5.95 Å². The van der Waals surface area contributed by atoms with Crippen LogP contribution < -0.4 is 10.2 Å². The van der Waals surface area contributed by atoms with Crippen LogP contribution >= 0.6 is 0 Å². The van der Waals surface area contributed by atoms with E-state index >= 15 is 0 Å². The molecule has 1 saturated heterocycles. The number of H-pyrrole nitrogens is 1. The number of amides is 1. The molecule has 184 valence electrons. The van der Waals surface area contributed by atoms with Gasteiger partial charge in [0.1, 0.15) is 23.0 Å². The number of benzene rings is 2. The van der Waals surface area contributed by atoms with Gasteiger partial charge in [-0.15, -0.1) is 0 Å². The number of hydrogen-bond donors (Lipinski definition) is 2. The topological polar surface area (TPSA) is 90.0 Å². The standard InChI is InChI=1S/C27H28FN7O/c1-19(18-34-14-16-35(17-15-34)27-29-12-5-13-30-27)31-26(36)24-23(20-6-3-2-4-7-20)32-25(33-24)21-8-10-22(28)11-9-21/h2-13,19H,14-18H2,1H3,(H,31,36)(H,32,33). The van der Waals surface area contributed by atoms with Crippen molar-refractivity contribution >= 4 is 11.9 Å². The zero-order valence-corrected chi connectivity index (χ0v) is 20.1. The minimum Gasteiger partial charge on any atom is -0.347 e. The van der Waals surface area contributed by atoms with Crippen LogP contribution in [0.5, 0.6) is 0 Å². The number of nitrogens with one attached hydrogen (secondary N) is 2. The Bertz CT molecular complexity index is 1290. The van der Waals surface area contributed by atoms with E-state index in [9.17, 15) is 9.18 Å². The van der Waals surface area contributed by atoms with Gasteiger partial charge in [0.25, 0.3) is 5.91 Å². The lowest BCUT2D eigenvalue weighted by atomic mass is 10.1. The van der Waals surface area contributed by atoms with E-state index in [4.69, 9.17) is 4.98 Å². The number of piperazine rings is 1. The van der Waals surface area contributed by atoms with Crippen molar-refractivity contribution in [2.45, 2.75) is 13.0 Å². The zero-order valence-electron chi connectivity index (χ0n) is 20.1. The van der Waals surface area contributed by atoms with Crippen LogP contribution in [0, 0.1) is 5.82 Å². The number of nitrogens with zero attached hydrogens (tertiary/aromatic N) is 5. The van der Waals surface area contributed by atoms with E-state index in [1.807, 2.05) is 43.3 Å². The zero-order chi connectivity index (χ0) is 24.9. The molecule has 5 rings (SSSR count). The Morgan fingerprint density at radius 2 is 1.67 bits per heavy atom. The lowest BCUT2D eigenvalue weighted by Gasteiger charge is -2.35. The fraction of sp³-hybridized carbons (Fsp3) is 0.259. The number of aromatic amines is 1. The highest BCUT2D eigenvalue weighted by Crippen LogP contribution is 2.26. The van der Waals surface area contributed by atoms with Gasteiger partial charge in [0.15, 0.2) is 0 Å². The average Bonchev–Trinajstić information content (AvgIpc) is 3.36. The monoisotopic (exact) mass is 485 g/mol. The fourth-order valence-corrected chi connectivity index (χ4v) is 4.40. The first-order chi connectivity index (χ1) is 17.6. The number of anilines is 1. The second kappa shape index (κ2) is 10.7. The van der Waals surface area contributed by atoms with Crippen LogP contribution in [-0.2, 0) is 0 Å². The van der Waals surface area contributed by atoms with E-state index in [-0.39, 0.29) is 17.8 Å². The summed E-state index contributed by atoms with van der Waals surface area (Å²) >= 11 is 0. The quantitative estimate of drug-likeness (QED) is 0.416. The molecule has 9 heteroatoms. The highest BCUT2D eigenvalue weighted by molar-refractivity contribution is 5.99. The third-order valence-corrected chi connectivity index (χ3v) is 6.21. The second-order valence-corrected chi connectivity index (χ2v) is 8.89. The van der Waals surface area contributed by atoms with Crippen LogP contribution in [0.1, 0.15) is 17.4 Å². The Labute approximate surface area is 209 Å². The molecule has 1 fully saturated rings. The molecule has 8 nitrogen and oxygen atoms in total. The molecule has 0 radical (unpaired) electrons. The van der Waals surface area contributed by atoms with Gasteiger partial charge in [-0.2, -0.15) is 0 Å². The molecule has 2 aromatic carbocycles. The molecule has 0 saturated carbocycles. The van der Waals surface area contributed by atoms with E-state index in [0.717, 1.165) is 44.2 Å². The largest absolute Gasteiger partial charge is 0.347 e. The molecule has 0 spiro atoms. The summed E-state index contributed by atoms with van der Waals surface area (Å²) in [5.74, 6) is 0.727. The van der Waals surface area contributed by atoms with Crippen molar-refractivity contribution in [3.8, 4) is 22.6 Å². The molecule has 1 aliphatic heterocycles. The van der Waals surface area contributed by atoms with E-state index in [2.05, 4.69) is 30.1 Å². The number of halogens is 1. The molecular weight excluding hydrogens is 457 g/mol. The molecule has 0 aliphatic carbocycles. The van der Waals surface area contributed by atoms with Crippen LogP contribution in [0.4, 0.5) is 10.3 Å². The summed E-state index contributed by atoms with van der Waals surface area (Å²) in [6.07, 6.45) is 3.51. The number of aromatic nitrogens is 4. The van der Waals surface area contributed by atoms with Gasteiger partial charge in [-0.3, -0.25) is 9.69 Å². The molecule has 36 heavy (non-hydrogen) atoms. The van der Waals surface area contributed by atoms with Crippen LogP contribution in [-0.4, -0.2) is 69.5 Å². The molecule has 2 N–H and O–H groups in total. The summed E-state index contributed by atoms with van der Waals surface area (Å²) < 4.78 is 13.4. The number of rotatable bonds is 7. The first-order valence-electron chi connectivity index (χ1n) is 12.0. The summed E-state index contributed by atoms with van der Waals surface area (Å²) in [6, 6.07) is 17.4. The second-order valence-electron chi connectivity index (χ2n) is 8.89. The predicted molar refractivity (Wildman–Crippen MR) is 137 cm³/mol. The minimum absolute atomic E-state index is 0.0711. The average molecular weight is 486 g/mol. The molecule has 3 heterocycles. The molecule has 0 bridgehead atoms. The minimum atomic E-state index is -0.322. The van der Waals surface area contributed by atoms with Gasteiger partial charge in [0, 0.05) is 62.3 Å². The molecule has 1 aliphatic rings. The summed E-state index contributed by atoms with van der Waals surface area (Å²) in [4.78, 5) is 34.4. The molecule has 4 aromatic rings. The van der Waals surface area contributed by atoms with E-state index < -0.39 is 0 Å². The highest BCUT2D eigenvalue weighted by atomic mass is 19.1. The highest BCUT2D eigenvalue weighted by Gasteiger charge is 2.24. The summed E-state index contributed by atoms with van der Waals surface area (Å²) in [5.41, 5.74) is 2.50. The van der Waals surface area contributed by atoms with Gasteiger partial charge in [0.05, 0.1) is 0 Å². The van der Waals surface area contributed by atoms with E-state index in [0.29, 0.717) is 22.8 Å². The summed E-state index contributed by atoms with van der Waals surface area (Å²) in [6.45, 7) is 6.15. The van der Waals surface area contributed by atoms with Crippen molar-refractivity contribution in [1.29, 1.82) is 0 Å². The van der Waals surface area contributed by atoms with Gasteiger partial charge in [-0.1, -0.05) is 30.3 Å². The fourth-order valence-electron chi connectivity index (χ4n) is 4.40. The number of carbonyl (C=O) groups is 1. The van der Waals surface area contributed by atoms with Crippen molar-refractivity contribution < 1.29 is 9.18 Å². The third kappa shape index (κ3) is 5.41. The third-order valence-electron chi connectivity index (χ3n) is 6.21. The first-order valence-corrected chi connectivity index (χ1v) is 12.0.